The molecule has 2 aromatic heterocycles. The van der Waals surface area contributed by atoms with Crippen LogP contribution >= 0.6 is 34.8 Å². The minimum atomic E-state index is 0.360. The summed E-state index contributed by atoms with van der Waals surface area (Å²) in [6.45, 7) is 0. The summed E-state index contributed by atoms with van der Waals surface area (Å²) in [6.07, 6.45) is 3.06. The molecule has 0 aliphatic heterocycles. The molecule has 1 aromatic carbocycles. The number of nitrogens with zero attached hydrogens (tertiary/aromatic N) is 3. The molecule has 0 spiro atoms. The van der Waals surface area contributed by atoms with Crippen LogP contribution in [0.5, 0.6) is 0 Å². The Balaban J connectivity index is 2.33. The van der Waals surface area contributed by atoms with Crippen molar-refractivity contribution in [2.45, 2.75) is 0 Å². The number of rotatable bonds is 1. The Morgan fingerprint density at radius 3 is 2.47 bits per heavy atom. The van der Waals surface area contributed by atoms with Crippen LogP contribution < -0.4 is 0 Å². The Bertz CT molecular complexity index is 769. The molecule has 0 saturated carbocycles. The molecular formula is C13H6Cl3N3. The second kappa shape index (κ2) is 4.93. The van der Waals surface area contributed by atoms with E-state index in [0.717, 1.165) is 11.1 Å². The van der Waals surface area contributed by atoms with Crippen molar-refractivity contribution in [2.75, 3.05) is 0 Å². The molecule has 0 aliphatic carbocycles. The van der Waals surface area contributed by atoms with E-state index in [4.69, 9.17) is 34.8 Å². The Morgan fingerprint density at radius 1 is 0.842 bits per heavy atom. The largest absolute Gasteiger partial charge is 0.236 e. The number of fused-ring (bicyclic) bond motifs is 1. The Hall–Kier alpha value is -1.42. The van der Waals surface area contributed by atoms with Crippen molar-refractivity contribution in [3.63, 3.8) is 0 Å². The summed E-state index contributed by atoms with van der Waals surface area (Å²) in [6, 6.07) is 7.23. The molecule has 0 bridgehead atoms. The van der Waals surface area contributed by atoms with Gasteiger partial charge in [0, 0.05) is 6.20 Å². The molecule has 0 saturated heterocycles. The summed E-state index contributed by atoms with van der Waals surface area (Å²) in [5.41, 5.74) is 2.30. The number of aromatic nitrogens is 3. The van der Waals surface area contributed by atoms with Gasteiger partial charge in [-0.05, 0) is 29.3 Å². The molecular weight excluding hydrogens is 305 g/mol. The van der Waals surface area contributed by atoms with Gasteiger partial charge in [0.1, 0.15) is 11.5 Å². The first-order valence-electron chi connectivity index (χ1n) is 5.37. The van der Waals surface area contributed by atoms with Crippen molar-refractivity contribution >= 4 is 45.8 Å². The van der Waals surface area contributed by atoms with Gasteiger partial charge in [0.15, 0.2) is 5.65 Å². The first-order valence-corrected chi connectivity index (χ1v) is 6.51. The molecule has 6 heteroatoms. The summed E-state index contributed by atoms with van der Waals surface area (Å²) in [5, 5.41) is 2.05. The quantitative estimate of drug-likeness (QED) is 0.614. The van der Waals surface area contributed by atoms with Crippen LogP contribution in [0.1, 0.15) is 0 Å². The van der Waals surface area contributed by atoms with Gasteiger partial charge >= 0.3 is 0 Å². The van der Waals surface area contributed by atoms with Crippen molar-refractivity contribution in [3.05, 3.63) is 52.0 Å². The maximum Gasteiger partial charge on any atom is 0.164 e. The van der Waals surface area contributed by atoms with Crippen LogP contribution in [0.3, 0.4) is 0 Å². The molecule has 3 rings (SSSR count). The van der Waals surface area contributed by atoms with Gasteiger partial charge in [-0.25, -0.2) is 15.0 Å². The topological polar surface area (TPSA) is 38.7 Å². The minimum Gasteiger partial charge on any atom is -0.236 e. The van der Waals surface area contributed by atoms with E-state index in [1.807, 2.05) is 12.1 Å². The van der Waals surface area contributed by atoms with Gasteiger partial charge in [0.25, 0.3) is 0 Å². The van der Waals surface area contributed by atoms with Crippen LogP contribution in [0, 0.1) is 0 Å². The Morgan fingerprint density at radius 2 is 1.68 bits per heavy atom. The first-order chi connectivity index (χ1) is 9.16. The summed E-state index contributed by atoms with van der Waals surface area (Å²) < 4.78 is 0. The van der Waals surface area contributed by atoms with Gasteiger partial charge in [0.2, 0.25) is 0 Å². The molecule has 0 radical (unpaired) electrons. The van der Waals surface area contributed by atoms with E-state index in [-0.39, 0.29) is 0 Å². The molecule has 0 unspecified atom stereocenters. The second-order valence-electron chi connectivity index (χ2n) is 3.85. The van der Waals surface area contributed by atoms with Crippen LogP contribution in [-0.4, -0.2) is 15.0 Å². The van der Waals surface area contributed by atoms with Crippen LogP contribution in [0.25, 0.3) is 22.2 Å². The van der Waals surface area contributed by atoms with E-state index in [2.05, 4.69) is 15.0 Å². The monoisotopic (exact) mass is 309 g/mol. The van der Waals surface area contributed by atoms with Crippen molar-refractivity contribution in [2.24, 2.45) is 0 Å². The van der Waals surface area contributed by atoms with E-state index in [1.54, 1.807) is 18.3 Å². The summed E-state index contributed by atoms with van der Waals surface area (Å²) in [7, 11) is 0. The average molecular weight is 311 g/mol. The molecule has 0 amide bonds. The molecule has 2 heterocycles. The highest BCUT2D eigenvalue weighted by molar-refractivity contribution is 6.42. The zero-order chi connectivity index (χ0) is 13.4. The van der Waals surface area contributed by atoms with Gasteiger partial charge in [-0.15, -0.1) is 0 Å². The molecule has 94 valence electrons. The highest BCUT2D eigenvalue weighted by atomic mass is 35.5. The van der Waals surface area contributed by atoms with E-state index >= 15 is 0 Å². The Labute approximate surface area is 124 Å². The smallest absolute Gasteiger partial charge is 0.164 e. The van der Waals surface area contributed by atoms with Crippen LogP contribution in [0.2, 0.25) is 15.2 Å². The van der Waals surface area contributed by atoms with Crippen LogP contribution in [0.15, 0.2) is 36.8 Å². The third-order valence-electron chi connectivity index (χ3n) is 2.72. The highest BCUT2D eigenvalue weighted by Crippen LogP contribution is 2.33. The zero-order valence-corrected chi connectivity index (χ0v) is 11.7. The molecule has 0 atom stereocenters. The number of hydrogen-bond donors (Lipinski definition) is 0. The third kappa shape index (κ3) is 2.25. The SMILES string of the molecule is Clc1ccc(-c2ccnc3ncnc(Cl)c23)cc1Cl. The van der Waals surface area contributed by atoms with Crippen molar-refractivity contribution < 1.29 is 0 Å². The van der Waals surface area contributed by atoms with Crippen molar-refractivity contribution in [3.8, 4) is 11.1 Å². The lowest BCUT2D eigenvalue weighted by Gasteiger charge is -2.07. The predicted molar refractivity (Wildman–Crippen MR) is 77.8 cm³/mol. The van der Waals surface area contributed by atoms with Gasteiger partial charge < -0.3 is 0 Å². The lowest BCUT2D eigenvalue weighted by molar-refractivity contribution is 1.18. The predicted octanol–water partition coefficient (Wildman–Crippen LogP) is 4.65. The maximum absolute atomic E-state index is 6.13. The number of pyridine rings is 1. The minimum absolute atomic E-state index is 0.360. The first kappa shape index (κ1) is 12.6. The highest BCUT2D eigenvalue weighted by Gasteiger charge is 2.11. The zero-order valence-electron chi connectivity index (χ0n) is 9.44. The van der Waals surface area contributed by atoms with Crippen molar-refractivity contribution in [1.82, 2.24) is 15.0 Å². The summed E-state index contributed by atoms with van der Waals surface area (Å²) in [5.74, 6) is 0. The average Bonchev–Trinajstić information content (AvgIpc) is 2.42. The van der Waals surface area contributed by atoms with Gasteiger partial charge in [-0.2, -0.15) is 0 Å². The standard InChI is InChI=1S/C13H6Cl3N3/c14-9-2-1-7(5-10(9)15)8-3-4-17-13-11(8)12(16)18-6-19-13/h1-6H. The second-order valence-corrected chi connectivity index (χ2v) is 5.02. The summed E-state index contributed by atoms with van der Waals surface area (Å²) >= 11 is 18.1. The number of halogens is 3. The van der Waals surface area contributed by atoms with Crippen LogP contribution in [-0.2, 0) is 0 Å². The van der Waals surface area contributed by atoms with Crippen molar-refractivity contribution in [1.29, 1.82) is 0 Å². The maximum atomic E-state index is 6.13. The molecule has 3 aromatic rings. The molecule has 3 nitrogen and oxygen atoms in total. The fourth-order valence-corrected chi connectivity index (χ4v) is 2.38. The molecule has 19 heavy (non-hydrogen) atoms. The summed E-state index contributed by atoms with van der Waals surface area (Å²) in [4.78, 5) is 12.3. The Kier molecular flexibility index (Phi) is 3.27. The fraction of sp³-hybridized carbons (Fsp3) is 0. The lowest BCUT2D eigenvalue weighted by atomic mass is 10.0. The fourth-order valence-electron chi connectivity index (χ4n) is 1.86. The number of benzene rings is 1. The molecule has 0 N–H and O–H groups in total. The van der Waals surface area contributed by atoms with E-state index in [1.165, 1.54) is 6.33 Å². The third-order valence-corrected chi connectivity index (χ3v) is 3.74. The number of hydrogen-bond acceptors (Lipinski definition) is 3. The normalized spacial score (nSPS) is 10.9. The van der Waals surface area contributed by atoms with Crippen LogP contribution in [0.4, 0.5) is 0 Å². The van der Waals surface area contributed by atoms with E-state index in [9.17, 15) is 0 Å². The van der Waals surface area contributed by atoms with Gasteiger partial charge in [-0.3, -0.25) is 0 Å². The molecule has 0 aliphatic rings. The molecule has 0 fully saturated rings. The van der Waals surface area contributed by atoms with Gasteiger partial charge in [0.05, 0.1) is 15.4 Å². The van der Waals surface area contributed by atoms with E-state index in [0.29, 0.717) is 26.2 Å². The lowest BCUT2D eigenvalue weighted by Crippen LogP contribution is -1.90. The van der Waals surface area contributed by atoms with E-state index < -0.39 is 0 Å². The van der Waals surface area contributed by atoms with Gasteiger partial charge in [-0.1, -0.05) is 40.9 Å².